The largest absolute Gasteiger partial charge is 0.301 e. The quantitative estimate of drug-likeness (QED) is 0.895. The van der Waals surface area contributed by atoms with E-state index >= 15 is 0 Å². The van der Waals surface area contributed by atoms with Gasteiger partial charge in [0.2, 0.25) is 5.91 Å². The number of aryl methyl sites for hydroxylation is 2. The number of fused-ring (bicyclic) bond motifs is 1. The van der Waals surface area contributed by atoms with E-state index < -0.39 is 0 Å². The molecule has 4 rings (SSSR count). The van der Waals surface area contributed by atoms with E-state index in [1.807, 2.05) is 0 Å². The summed E-state index contributed by atoms with van der Waals surface area (Å²) in [6.45, 7) is 4.76. The van der Waals surface area contributed by atoms with Crippen LogP contribution in [-0.4, -0.2) is 59.5 Å². The van der Waals surface area contributed by atoms with E-state index in [1.54, 1.807) is 11.3 Å². The Labute approximate surface area is 154 Å². The van der Waals surface area contributed by atoms with E-state index in [-0.39, 0.29) is 5.91 Å². The lowest BCUT2D eigenvalue weighted by molar-refractivity contribution is -0.117. The molecule has 1 aromatic heterocycles. The van der Waals surface area contributed by atoms with E-state index in [4.69, 9.17) is 0 Å². The summed E-state index contributed by atoms with van der Waals surface area (Å²) in [6, 6.07) is 0.798. The summed E-state index contributed by atoms with van der Waals surface area (Å²) < 4.78 is 0. The Kier molecular flexibility index (Phi) is 5.68. The molecule has 2 fully saturated rings. The highest BCUT2D eigenvalue weighted by atomic mass is 32.1. The van der Waals surface area contributed by atoms with Crippen molar-refractivity contribution in [1.29, 1.82) is 0 Å². The van der Waals surface area contributed by atoms with Gasteiger partial charge in [0.05, 0.1) is 12.2 Å². The van der Waals surface area contributed by atoms with Gasteiger partial charge in [-0.05, 0) is 38.5 Å². The predicted octanol–water partition coefficient (Wildman–Crippen LogP) is 2.91. The van der Waals surface area contributed by atoms with Gasteiger partial charge in [0.25, 0.3) is 0 Å². The second-order valence-electron chi connectivity index (χ2n) is 7.75. The summed E-state index contributed by atoms with van der Waals surface area (Å²) in [5.41, 5.74) is 1.22. The monoisotopic (exact) mass is 362 g/mol. The van der Waals surface area contributed by atoms with E-state index in [9.17, 15) is 4.79 Å². The molecule has 25 heavy (non-hydrogen) atoms. The number of amides is 1. The van der Waals surface area contributed by atoms with Crippen molar-refractivity contribution in [3.8, 4) is 0 Å². The lowest BCUT2D eigenvalue weighted by Gasteiger charge is -2.40. The molecule has 6 heteroatoms. The van der Waals surface area contributed by atoms with Gasteiger partial charge in [-0.1, -0.05) is 19.3 Å². The molecule has 0 unspecified atom stereocenters. The van der Waals surface area contributed by atoms with Crippen LogP contribution in [0.4, 0.5) is 5.13 Å². The zero-order valence-electron chi connectivity index (χ0n) is 15.1. The van der Waals surface area contributed by atoms with Gasteiger partial charge in [-0.25, -0.2) is 4.98 Å². The number of nitrogens with one attached hydrogen (secondary N) is 1. The summed E-state index contributed by atoms with van der Waals surface area (Å²) in [7, 11) is 0. The van der Waals surface area contributed by atoms with Crippen LogP contribution in [0.1, 0.15) is 55.5 Å². The van der Waals surface area contributed by atoms with E-state index in [2.05, 4.69) is 20.1 Å². The molecule has 0 bridgehead atoms. The van der Waals surface area contributed by atoms with Gasteiger partial charge >= 0.3 is 0 Å². The summed E-state index contributed by atoms with van der Waals surface area (Å²) in [4.78, 5) is 23.3. The summed E-state index contributed by atoms with van der Waals surface area (Å²) in [5.74, 6) is 0.0946. The molecule has 3 aliphatic rings. The molecule has 5 nitrogen and oxygen atoms in total. The molecule has 2 aliphatic carbocycles. The Morgan fingerprint density at radius 2 is 1.80 bits per heavy atom. The highest BCUT2D eigenvalue weighted by Crippen LogP contribution is 2.29. The molecule has 138 valence electrons. The number of piperazine rings is 1. The molecule has 1 N–H and O–H groups in total. The van der Waals surface area contributed by atoms with Crippen molar-refractivity contribution in [2.75, 3.05) is 38.0 Å². The normalized spacial score (nSPS) is 23.4. The number of nitrogens with zero attached hydrogens (tertiary/aromatic N) is 3. The van der Waals surface area contributed by atoms with Crippen LogP contribution in [0.3, 0.4) is 0 Å². The minimum Gasteiger partial charge on any atom is -0.301 e. The fourth-order valence-electron chi connectivity index (χ4n) is 4.50. The maximum Gasteiger partial charge on any atom is 0.240 e. The highest BCUT2D eigenvalue weighted by Gasteiger charge is 2.26. The zero-order chi connectivity index (χ0) is 17.1. The van der Waals surface area contributed by atoms with Gasteiger partial charge in [-0.3, -0.25) is 14.6 Å². The van der Waals surface area contributed by atoms with Crippen LogP contribution in [0.5, 0.6) is 0 Å². The third-order valence-corrected chi connectivity index (χ3v) is 7.03. The third-order valence-electron chi connectivity index (χ3n) is 5.96. The van der Waals surface area contributed by atoms with Crippen molar-refractivity contribution < 1.29 is 4.79 Å². The number of aromatic nitrogens is 1. The standard InChI is InChI=1S/C19H30N4OS/c24-18(21-19-20-16-8-4-5-9-17(16)25-19)14-22-10-12-23(13-11-22)15-6-2-1-3-7-15/h15H,1-14H2,(H,20,21,24). The first-order chi connectivity index (χ1) is 12.3. The van der Waals surface area contributed by atoms with Crippen LogP contribution in [-0.2, 0) is 17.6 Å². The van der Waals surface area contributed by atoms with Crippen molar-refractivity contribution in [2.24, 2.45) is 0 Å². The summed E-state index contributed by atoms with van der Waals surface area (Å²) in [6.07, 6.45) is 11.6. The average molecular weight is 363 g/mol. The Hall–Kier alpha value is -0.980. The van der Waals surface area contributed by atoms with Gasteiger partial charge in [0.15, 0.2) is 5.13 Å². The van der Waals surface area contributed by atoms with Gasteiger partial charge < -0.3 is 5.32 Å². The number of anilines is 1. The van der Waals surface area contributed by atoms with Crippen LogP contribution in [0.25, 0.3) is 0 Å². The number of rotatable bonds is 4. The van der Waals surface area contributed by atoms with Crippen LogP contribution >= 0.6 is 11.3 Å². The summed E-state index contributed by atoms with van der Waals surface area (Å²) in [5, 5.41) is 3.84. The molecule has 1 saturated carbocycles. The van der Waals surface area contributed by atoms with Crippen LogP contribution in [0.2, 0.25) is 0 Å². The Bertz CT molecular complexity index is 565. The lowest BCUT2D eigenvalue weighted by Crippen LogP contribution is -2.52. The molecule has 1 aliphatic heterocycles. The highest BCUT2D eigenvalue weighted by molar-refractivity contribution is 7.15. The van der Waals surface area contributed by atoms with Gasteiger partial charge in [0, 0.05) is 37.1 Å². The molecule has 0 radical (unpaired) electrons. The topological polar surface area (TPSA) is 48.5 Å². The third kappa shape index (κ3) is 4.41. The van der Waals surface area contributed by atoms with E-state index in [0.29, 0.717) is 6.54 Å². The minimum absolute atomic E-state index is 0.0946. The average Bonchev–Trinajstić information content (AvgIpc) is 3.05. The number of thiazole rings is 1. The molecule has 0 atom stereocenters. The Balaban J connectivity index is 1.23. The van der Waals surface area contributed by atoms with Crippen molar-refractivity contribution >= 4 is 22.4 Å². The molecular formula is C19H30N4OS. The molecule has 1 saturated heterocycles. The van der Waals surface area contributed by atoms with Crippen molar-refractivity contribution in [3.05, 3.63) is 10.6 Å². The van der Waals surface area contributed by atoms with E-state index in [1.165, 1.54) is 55.5 Å². The maximum atomic E-state index is 12.4. The predicted molar refractivity (Wildman–Crippen MR) is 102 cm³/mol. The number of carbonyl (C=O) groups is 1. The smallest absolute Gasteiger partial charge is 0.240 e. The summed E-state index contributed by atoms with van der Waals surface area (Å²) >= 11 is 1.68. The van der Waals surface area contributed by atoms with Crippen LogP contribution in [0.15, 0.2) is 0 Å². The van der Waals surface area contributed by atoms with Gasteiger partial charge in [-0.15, -0.1) is 11.3 Å². The van der Waals surface area contributed by atoms with Crippen molar-refractivity contribution in [3.63, 3.8) is 0 Å². The first kappa shape index (κ1) is 17.4. The SMILES string of the molecule is O=C(CN1CCN(C2CCCCC2)CC1)Nc1nc2c(s1)CCCC2. The fourth-order valence-corrected chi connectivity index (χ4v) is 5.57. The first-order valence-electron chi connectivity index (χ1n) is 10.0. The number of hydrogen-bond acceptors (Lipinski definition) is 5. The van der Waals surface area contributed by atoms with Crippen molar-refractivity contribution in [2.45, 2.75) is 63.8 Å². The maximum absolute atomic E-state index is 12.4. The molecule has 1 aromatic rings. The van der Waals surface area contributed by atoms with Gasteiger partial charge in [-0.2, -0.15) is 0 Å². The lowest BCUT2D eigenvalue weighted by atomic mass is 9.94. The fraction of sp³-hybridized carbons (Fsp3) is 0.789. The van der Waals surface area contributed by atoms with Gasteiger partial charge in [0.1, 0.15) is 0 Å². The number of hydrogen-bond donors (Lipinski definition) is 1. The van der Waals surface area contributed by atoms with E-state index in [0.717, 1.165) is 50.2 Å². The number of carbonyl (C=O) groups excluding carboxylic acids is 1. The minimum atomic E-state index is 0.0946. The molecule has 0 spiro atoms. The first-order valence-corrected chi connectivity index (χ1v) is 10.8. The second-order valence-corrected chi connectivity index (χ2v) is 8.83. The molecule has 1 amide bonds. The molecule has 2 heterocycles. The molecule has 0 aromatic carbocycles. The molecular weight excluding hydrogens is 332 g/mol. The van der Waals surface area contributed by atoms with Crippen LogP contribution < -0.4 is 5.32 Å². The Morgan fingerprint density at radius 1 is 1.04 bits per heavy atom. The second kappa shape index (κ2) is 8.14. The zero-order valence-corrected chi connectivity index (χ0v) is 16.0. The Morgan fingerprint density at radius 3 is 2.56 bits per heavy atom. The van der Waals surface area contributed by atoms with Crippen LogP contribution in [0, 0.1) is 0 Å². The van der Waals surface area contributed by atoms with Crippen molar-refractivity contribution in [1.82, 2.24) is 14.8 Å².